The van der Waals surface area contributed by atoms with E-state index in [-0.39, 0.29) is 17.5 Å². The first-order valence-corrected chi connectivity index (χ1v) is 8.73. The highest BCUT2D eigenvalue weighted by Crippen LogP contribution is 2.29. The van der Waals surface area contributed by atoms with Crippen molar-refractivity contribution in [2.45, 2.75) is 19.1 Å². The topological polar surface area (TPSA) is 58.6 Å². The number of nitrogens with one attached hydrogen (secondary N) is 1. The highest BCUT2D eigenvalue weighted by atomic mass is 19.4. The minimum absolute atomic E-state index is 0.0136. The third-order valence-electron chi connectivity index (χ3n) is 4.49. The molecule has 0 aliphatic carbocycles. The minimum Gasteiger partial charge on any atom is -0.377 e. The SMILES string of the molecule is CC1COCCN1C(=O)c1ccc(NC(=O)c2ccc(C(F)(F)F)cc2)cc1. The summed E-state index contributed by atoms with van der Waals surface area (Å²) in [5.41, 5.74) is 0.220. The van der Waals surface area contributed by atoms with E-state index in [1.165, 1.54) is 0 Å². The Bertz CT molecular complexity index is 848. The number of nitrogens with zero attached hydrogens (tertiary/aromatic N) is 1. The second-order valence-electron chi connectivity index (χ2n) is 6.53. The van der Waals surface area contributed by atoms with Crippen LogP contribution in [0.2, 0.25) is 0 Å². The maximum absolute atomic E-state index is 12.6. The molecule has 1 heterocycles. The van der Waals surface area contributed by atoms with Gasteiger partial charge in [0.15, 0.2) is 0 Å². The first kappa shape index (κ1) is 19.9. The van der Waals surface area contributed by atoms with Crippen molar-refractivity contribution in [2.75, 3.05) is 25.1 Å². The summed E-state index contributed by atoms with van der Waals surface area (Å²) in [6.07, 6.45) is -4.45. The maximum atomic E-state index is 12.6. The molecule has 1 atom stereocenters. The lowest BCUT2D eigenvalue weighted by atomic mass is 10.1. The van der Waals surface area contributed by atoms with E-state index < -0.39 is 17.6 Å². The van der Waals surface area contributed by atoms with Crippen molar-refractivity contribution in [3.63, 3.8) is 0 Å². The standard InChI is InChI=1S/C20H19F3N2O3/c1-13-12-28-11-10-25(13)19(27)15-4-8-17(9-5-15)24-18(26)14-2-6-16(7-3-14)20(21,22)23/h2-9,13H,10-12H2,1H3,(H,24,26). The van der Waals surface area contributed by atoms with Crippen LogP contribution >= 0.6 is 0 Å². The molecule has 0 saturated carbocycles. The number of rotatable bonds is 3. The Morgan fingerprint density at radius 2 is 1.64 bits per heavy atom. The fraction of sp³-hybridized carbons (Fsp3) is 0.300. The van der Waals surface area contributed by atoms with Crippen molar-refractivity contribution < 1.29 is 27.5 Å². The highest BCUT2D eigenvalue weighted by Gasteiger charge is 2.30. The molecule has 1 fully saturated rings. The Morgan fingerprint density at radius 3 is 2.21 bits per heavy atom. The Labute approximate surface area is 160 Å². The van der Waals surface area contributed by atoms with E-state index >= 15 is 0 Å². The molecule has 2 aromatic rings. The van der Waals surface area contributed by atoms with Crippen LogP contribution in [-0.2, 0) is 10.9 Å². The van der Waals surface area contributed by atoms with Gasteiger partial charge in [0.1, 0.15) is 0 Å². The van der Waals surface area contributed by atoms with Gasteiger partial charge >= 0.3 is 6.18 Å². The quantitative estimate of drug-likeness (QED) is 0.864. The molecule has 28 heavy (non-hydrogen) atoms. The first-order chi connectivity index (χ1) is 13.3. The van der Waals surface area contributed by atoms with Crippen molar-refractivity contribution in [3.05, 3.63) is 65.2 Å². The second-order valence-corrected chi connectivity index (χ2v) is 6.53. The van der Waals surface area contributed by atoms with Crippen molar-refractivity contribution in [1.29, 1.82) is 0 Å². The number of carbonyl (C=O) groups excluding carboxylic acids is 2. The summed E-state index contributed by atoms with van der Waals surface area (Å²) in [5, 5.41) is 2.61. The van der Waals surface area contributed by atoms with E-state index in [9.17, 15) is 22.8 Å². The van der Waals surface area contributed by atoms with Crippen LogP contribution in [0.15, 0.2) is 48.5 Å². The number of ether oxygens (including phenoxy) is 1. The summed E-state index contributed by atoms with van der Waals surface area (Å²) >= 11 is 0. The molecular formula is C20H19F3N2O3. The van der Waals surface area contributed by atoms with E-state index in [4.69, 9.17) is 4.74 Å². The van der Waals surface area contributed by atoms with E-state index in [2.05, 4.69) is 5.32 Å². The lowest BCUT2D eigenvalue weighted by Gasteiger charge is -2.33. The number of benzene rings is 2. The Hall–Kier alpha value is -2.87. The predicted molar refractivity (Wildman–Crippen MR) is 97.2 cm³/mol. The molecule has 3 rings (SSSR count). The molecule has 1 unspecified atom stereocenters. The number of hydrogen-bond donors (Lipinski definition) is 1. The highest BCUT2D eigenvalue weighted by molar-refractivity contribution is 6.04. The predicted octanol–water partition coefficient (Wildman–Crippen LogP) is 3.82. The van der Waals surface area contributed by atoms with Crippen molar-refractivity contribution in [1.82, 2.24) is 4.90 Å². The summed E-state index contributed by atoms with van der Waals surface area (Å²) in [4.78, 5) is 26.5. The Kier molecular flexibility index (Phi) is 5.69. The van der Waals surface area contributed by atoms with Gasteiger partial charge in [-0.15, -0.1) is 0 Å². The number of hydrogen-bond acceptors (Lipinski definition) is 3. The molecule has 1 aliphatic rings. The molecule has 1 N–H and O–H groups in total. The normalized spacial score (nSPS) is 17.3. The van der Waals surface area contributed by atoms with Crippen LogP contribution in [0.1, 0.15) is 33.2 Å². The van der Waals surface area contributed by atoms with Gasteiger partial charge in [-0.05, 0) is 55.5 Å². The van der Waals surface area contributed by atoms with E-state index in [1.54, 1.807) is 29.2 Å². The average Bonchev–Trinajstić information content (AvgIpc) is 2.68. The van der Waals surface area contributed by atoms with Crippen LogP contribution in [0.5, 0.6) is 0 Å². The molecule has 1 saturated heterocycles. The molecule has 2 amide bonds. The molecular weight excluding hydrogens is 373 g/mol. The number of amides is 2. The lowest BCUT2D eigenvalue weighted by Crippen LogP contribution is -2.47. The molecule has 0 bridgehead atoms. The smallest absolute Gasteiger partial charge is 0.377 e. The van der Waals surface area contributed by atoms with Crippen LogP contribution in [-0.4, -0.2) is 42.5 Å². The molecule has 148 valence electrons. The first-order valence-electron chi connectivity index (χ1n) is 8.73. The number of alkyl halides is 3. The van der Waals surface area contributed by atoms with E-state index in [0.29, 0.717) is 31.0 Å². The molecule has 0 spiro atoms. The lowest BCUT2D eigenvalue weighted by molar-refractivity contribution is -0.137. The maximum Gasteiger partial charge on any atom is 0.416 e. The molecule has 0 radical (unpaired) electrons. The van der Waals surface area contributed by atoms with Gasteiger partial charge in [-0.1, -0.05) is 0 Å². The summed E-state index contributed by atoms with van der Waals surface area (Å²) in [6.45, 7) is 3.42. The third-order valence-corrected chi connectivity index (χ3v) is 4.49. The zero-order valence-corrected chi connectivity index (χ0v) is 15.1. The summed E-state index contributed by atoms with van der Waals surface area (Å²) in [7, 11) is 0. The van der Waals surface area contributed by atoms with Crippen LogP contribution < -0.4 is 5.32 Å². The molecule has 5 nitrogen and oxygen atoms in total. The van der Waals surface area contributed by atoms with Crippen molar-refractivity contribution in [2.24, 2.45) is 0 Å². The summed E-state index contributed by atoms with van der Waals surface area (Å²) in [6, 6.07) is 10.3. The van der Waals surface area contributed by atoms with Gasteiger partial charge in [0.25, 0.3) is 11.8 Å². The molecule has 8 heteroatoms. The molecule has 1 aliphatic heterocycles. The van der Waals surface area contributed by atoms with Gasteiger partial charge in [0, 0.05) is 23.4 Å². The minimum atomic E-state index is -4.45. The van der Waals surface area contributed by atoms with Gasteiger partial charge in [-0.3, -0.25) is 9.59 Å². The zero-order chi connectivity index (χ0) is 20.3. The van der Waals surface area contributed by atoms with Crippen molar-refractivity contribution >= 4 is 17.5 Å². The van der Waals surface area contributed by atoms with Gasteiger partial charge in [-0.25, -0.2) is 0 Å². The van der Waals surface area contributed by atoms with E-state index in [0.717, 1.165) is 24.3 Å². The molecule has 2 aromatic carbocycles. The number of anilines is 1. The summed E-state index contributed by atoms with van der Waals surface area (Å²) < 4.78 is 43.1. The van der Waals surface area contributed by atoms with Crippen LogP contribution in [0.25, 0.3) is 0 Å². The third kappa shape index (κ3) is 4.51. The monoisotopic (exact) mass is 392 g/mol. The largest absolute Gasteiger partial charge is 0.416 e. The van der Waals surface area contributed by atoms with Crippen molar-refractivity contribution in [3.8, 4) is 0 Å². The fourth-order valence-electron chi connectivity index (χ4n) is 2.90. The van der Waals surface area contributed by atoms with Crippen LogP contribution in [0.4, 0.5) is 18.9 Å². The summed E-state index contributed by atoms with van der Waals surface area (Å²) in [5.74, 6) is -0.647. The number of morpholine rings is 1. The number of halogens is 3. The number of carbonyl (C=O) groups is 2. The second kappa shape index (κ2) is 8.02. The van der Waals surface area contributed by atoms with E-state index in [1.807, 2.05) is 6.92 Å². The van der Waals surface area contributed by atoms with Gasteiger partial charge in [0.2, 0.25) is 0 Å². The fourth-order valence-corrected chi connectivity index (χ4v) is 2.90. The van der Waals surface area contributed by atoms with Gasteiger partial charge in [-0.2, -0.15) is 13.2 Å². The Balaban J connectivity index is 1.65. The van der Waals surface area contributed by atoms with Crippen LogP contribution in [0, 0.1) is 0 Å². The average molecular weight is 392 g/mol. The van der Waals surface area contributed by atoms with Gasteiger partial charge < -0.3 is 15.0 Å². The Morgan fingerprint density at radius 1 is 1.04 bits per heavy atom. The zero-order valence-electron chi connectivity index (χ0n) is 15.1. The van der Waals surface area contributed by atoms with Crippen LogP contribution in [0.3, 0.4) is 0 Å². The molecule has 0 aromatic heterocycles. The van der Waals surface area contributed by atoms with Gasteiger partial charge in [0.05, 0.1) is 24.8 Å².